The Kier molecular flexibility index (Phi) is 10.7. The van der Waals surface area contributed by atoms with Gasteiger partial charge in [0.2, 0.25) is 5.91 Å². The molecular weight excluding hydrogens is 340 g/mol. The molecule has 0 atom stereocenters. The largest absolute Gasteiger partial charge is 0.463 e. The molecule has 8 nitrogen and oxygen atoms in total. The van der Waals surface area contributed by atoms with E-state index in [0.29, 0.717) is 31.0 Å². The fourth-order valence-corrected chi connectivity index (χ4v) is 1.98. The minimum Gasteiger partial charge on any atom is -0.463 e. The lowest BCUT2D eigenvalue weighted by atomic mass is 10.2. The number of hydrogen-bond acceptors (Lipinski definition) is 6. The highest BCUT2D eigenvalue weighted by Crippen LogP contribution is 2.10. The first-order valence-electron chi connectivity index (χ1n) is 8.38. The quantitative estimate of drug-likeness (QED) is 0.428. The molecule has 2 amide bonds. The zero-order chi connectivity index (χ0) is 19.2. The van der Waals surface area contributed by atoms with Crippen molar-refractivity contribution in [2.45, 2.75) is 19.3 Å². The lowest BCUT2D eigenvalue weighted by Crippen LogP contribution is -2.25. The molecule has 0 spiro atoms. The summed E-state index contributed by atoms with van der Waals surface area (Å²) < 4.78 is 14.6. The van der Waals surface area contributed by atoms with Gasteiger partial charge in [-0.2, -0.15) is 0 Å². The Bertz CT molecular complexity index is 574. The molecule has 0 aliphatic carbocycles. The lowest BCUT2D eigenvalue weighted by molar-refractivity contribution is -0.145. The minimum atomic E-state index is -0.447. The molecule has 0 aliphatic rings. The second-order valence-corrected chi connectivity index (χ2v) is 5.44. The number of hydrogen-bond donors (Lipinski definition) is 2. The van der Waals surface area contributed by atoms with Crippen molar-refractivity contribution in [1.82, 2.24) is 5.32 Å². The van der Waals surface area contributed by atoms with Crippen LogP contribution in [-0.2, 0) is 23.8 Å². The molecule has 0 unspecified atom stereocenters. The maximum atomic E-state index is 11.9. The van der Waals surface area contributed by atoms with Crippen molar-refractivity contribution in [3.63, 3.8) is 0 Å². The first-order valence-corrected chi connectivity index (χ1v) is 8.38. The number of esters is 1. The summed E-state index contributed by atoms with van der Waals surface area (Å²) in [5.41, 5.74) is 1.06. The fraction of sp³-hybridized carbons (Fsp3) is 0.500. The van der Waals surface area contributed by atoms with E-state index in [0.717, 1.165) is 6.42 Å². The number of carbonyl (C=O) groups is 3. The summed E-state index contributed by atoms with van der Waals surface area (Å²) in [6, 6.07) is 6.53. The van der Waals surface area contributed by atoms with Crippen LogP contribution in [0.5, 0.6) is 0 Å². The maximum Gasteiger partial charge on any atom is 0.306 e. The van der Waals surface area contributed by atoms with Gasteiger partial charge in [-0.15, -0.1) is 0 Å². The number of carbonyl (C=O) groups excluding carboxylic acids is 3. The minimum absolute atomic E-state index is 0.00247. The van der Waals surface area contributed by atoms with Crippen LogP contribution >= 0.6 is 0 Å². The van der Waals surface area contributed by atoms with Gasteiger partial charge < -0.3 is 24.8 Å². The zero-order valence-corrected chi connectivity index (χ0v) is 15.2. The number of rotatable bonds is 12. The number of benzene rings is 1. The molecule has 26 heavy (non-hydrogen) atoms. The molecule has 8 heteroatoms. The average Bonchev–Trinajstić information content (AvgIpc) is 2.64. The van der Waals surface area contributed by atoms with Gasteiger partial charge in [0.15, 0.2) is 0 Å². The van der Waals surface area contributed by atoms with Gasteiger partial charge in [-0.3, -0.25) is 14.4 Å². The molecule has 0 aromatic heterocycles. The van der Waals surface area contributed by atoms with E-state index < -0.39 is 5.97 Å². The van der Waals surface area contributed by atoms with E-state index in [-0.39, 0.29) is 31.3 Å². The molecule has 0 heterocycles. The molecule has 1 rings (SSSR count). The van der Waals surface area contributed by atoms with E-state index in [4.69, 9.17) is 14.2 Å². The van der Waals surface area contributed by atoms with Crippen molar-refractivity contribution in [2.75, 3.05) is 45.9 Å². The van der Waals surface area contributed by atoms with Crippen LogP contribution in [0.1, 0.15) is 29.6 Å². The summed E-state index contributed by atoms with van der Waals surface area (Å²) in [6.45, 7) is 1.62. The van der Waals surface area contributed by atoms with Crippen LogP contribution in [-0.4, -0.2) is 58.4 Å². The van der Waals surface area contributed by atoms with Gasteiger partial charge in [-0.1, -0.05) is 0 Å². The van der Waals surface area contributed by atoms with Gasteiger partial charge in [0.05, 0.1) is 13.0 Å². The van der Waals surface area contributed by atoms with Gasteiger partial charge in [0, 0.05) is 45.0 Å². The Morgan fingerprint density at radius 2 is 1.62 bits per heavy atom. The van der Waals surface area contributed by atoms with Crippen LogP contribution in [0.4, 0.5) is 5.69 Å². The van der Waals surface area contributed by atoms with Crippen molar-refractivity contribution >= 4 is 23.5 Å². The predicted molar refractivity (Wildman–Crippen MR) is 96.0 cm³/mol. The first kappa shape index (κ1) is 21.6. The Labute approximate surface area is 153 Å². The first-order chi connectivity index (χ1) is 12.6. The summed E-state index contributed by atoms with van der Waals surface area (Å²) in [5.74, 6) is -0.930. The summed E-state index contributed by atoms with van der Waals surface area (Å²) in [7, 11) is 3.12. The monoisotopic (exact) mass is 366 g/mol. The third-order valence-electron chi connectivity index (χ3n) is 3.35. The Hall–Kier alpha value is -2.45. The number of anilines is 1. The molecule has 0 radical (unpaired) electrons. The van der Waals surface area contributed by atoms with Gasteiger partial charge in [0.1, 0.15) is 6.61 Å². The fourth-order valence-electron chi connectivity index (χ4n) is 1.98. The molecule has 0 fully saturated rings. The number of methoxy groups -OCH3 is 2. The molecule has 0 saturated heterocycles. The van der Waals surface area contributed by atoms with Gasteiger partial charge in [-0.05, 0) is 30.7 Å². The smallest absolute Gasteiger partial charge is 0.306 e. The molecule has 0 bridgehead atoms. The van der Waals surface area contributed by atoms with Crippen molar-refractivity contribution < 1.29 is 28.6 Å². The summed E-state index contributed by atoms with van der Waals surface area (Å²) >= 11 is 0. The second-order valence-electron chi connectivity index (χ2n) is 5.44. The highest BCUT2D eigenvalue weighted by molar-refractivity contribution is 5.96. The highest BCUT2D eigenvalue weighted by atomic mass is 16.6. The molecule has 1 aromatic rings. The summed E-state index contributed by atoms with van der Waals surface area (Å²) in [6.07, 6.45) is 0.759. The van der Waals surface area contributed by atoms with Crippen LogP contribution < -0.4 is 10.6 Å². The lowest BCUT2D eigenvalue weighted by Gasteiger charge is -2.08. The van der Waals surface area contributed by atoms with Gasteiger partial charge >= 0.3 is 5.97 Å². The van der Waals surface area contributed by atoms with E-state index in [9.17, 15) is 14.4 Å². The SMILES string of the molecule is COCCCNC(=O)c1ccc(NC(=O)CCC(=O)OCCOC)cc1. The number of ether oxygens (including phenoxy) is 3. The van der Waals surface area contributed by atoms with Crippen LogP contribution in [0, 0.1) is 0 Å². The van der Waals surface area contributed by atoms with Crippen LogP contribution in [0.15, 0.2) is 24.3 Å². The third kappa shape index (κ3) is 9.14. The molecule has 0 saturated carbocycles. The molecule has 144 valence electrons. The van der Waals surface area contributed by atoms with Crippen LogP contribution in [0.3, 0.4) is 0 Å². The Morgan fingerprint density at radius 3 is 2.27 bits per heavy atom. The normalized spacial score (nSPS) is 10.2. The zero-order valence-electron chi connectivity index (χ0n) is 15.2. The van der Waals surface area contributed by atoms with Crippen LogP contribution in [0.2, 0.25) is 0 Å². The highest BCUT2D eigenvalue weighted by Gasteiger charge is 2.09. The number of nitrogens with one attached hydrogen (secondary N) is 2. The average molecular weight is 366 g/mol. The van der Waals surface area contributed by atoms with Crippen LogP contribution in [0.25, 0.3) is 0 Å². The maximum absolute atomic E-state index is 11.9. The summed E-state index contributed by atoms with van der Waals surface area (Å²) in [4.78, 5) is 35.2. The molecular formula is C18H26N2O6. The van der Waals surface area contributed by atoms with E-state index in [1.165, 1.54) is 7.11 Å². The molecule has 2 N–H and O–H groups in total. The van der Waals surface area contributed by atoms with Crippen molar-refractivity contribution in [3.05, 3.63) is 29.8 Å². The molecule has 0 aliphatic heterocycles. The number of amides is 2. The molecule has 1 aromatic carbocycles. The third-order valence-corrected chi connectivity index (χ3v) is 3.35. The van der Waals surface area contributed by atoms with E-state index in [2.05, 4.69) is 10.6 Å². The second kappa shape index (κ2) is 12.8. The Balaban J connectivity index is 2.33. The van der Waals surface area contributed by atoms with Gasteiger partial charge in [0.25, 0.3) is 5.91 Å². The van der Waals surface area contributed by atoms with E-state index >= 15 is 0 Å². The summed E-state index contributed by atoms with van der Waals surface area (Å²) in [5, 5.41) is 5.45. The van der Waals surface area contributed by atoms with Crippen molar-refractivity contribution in [2.24, 2.45) is 0 Å². The topological polar surface area (TPSA) is 103 Å². The predicted octanol–water partition coefficient (Wildman–Crippen LogP) is 1.36. The van der Waals surface area contributed by atoms with E-state index in [1.54, 1.807) is 31.4 Å². The Morgan fingerprint density at radius 1 is 0.923 bits per heavy atom. The van der Waals surface area contributed by atoms with Crippen molar-refractivity contribution in [1.29, 1.82) is 0 Å². The standard InChI is InChI=1S/C18H26N2O6/c1-24-11-3-10-19-18(23)14-4-6-15(7-5-14)20-16(21)8-9-17(22)26-13-12-25-2/h4-7H,3,8-13H2,1-2H3,(H,19,23)(H,20,21). The van der Waals surface area contributed by atoms with Crippen molar-refractivity contribution in [3.8, 4) is 0 Å². The van der Waals surface area contributed by atoms with E-state index in [1.807, 2.05) is 0 Å². The van der Waals surface area contributed by atoms with Gasteiger partial charge in [-0.25, -0.2) is 0 Å².